The number of carbonyl (C=O) groups excluding carboxylic acids is 2. The average molecular weight is 265 g/mol. The van der Waals surface area contributed by atoms with E-state index in [0.29, 0.717) is 18.3 Å². The zero-order valence-corrected chi connectivity index (χ0v) is 11.2. The first kappa shape index (κ1) is 13.4. The van der Waals surface area contributed by atoms with E-state index in [0.717, 1.165) is 12.8 Å². The van der Waals surface area contributed by atoms with Gasteiger partial charge in [0.05, 0.1) is 12.2 Å². The van der Waals surface area contributed by atoms with Gasteiger partial charge in [-0.05, 0) is 19.8 Å². The van der Waals surface area contributed by atoms with Crippen LogP contribution in [0.4, 0.5) is 5.69 Å². The fourth-order valence-corrected chi connectivity index (χ4v) is 1.73. The van der Waals surface area contributed by atoms with Crippen LogP contribution in [0.25, 0.3) is 0 Å². The summed E-state index contributed by atoms with van der Waals surface area (Å²) < 4.78 is 1.60. The zero-order chi connectivity index (χ0) is 14.0. The molecule has 1 aliphatic carbocycles. The van der Waals surface area contributed by atoms with Crippen molar-refractivity contribution in [3.8, 4) is 0 Å². The van der Waals surface area contributed by atoms with Gasteiger partial charge in [-0.2, -0.15) is 5.10 Å². The second kappa shape index (κ2) is 5.29. The van der Waals surface area contributed by atoms with Gasteiger partial charge in [-0.1, -0.05) is 0 Å². The van der Waals surface area contributed by atoms with Crippen LogP contribution in [-0.4, -0.2) is 46.1 Å². The molecule has 2 amide bonds. The Hall–Kier alpha value is -2.05. The lowest BCUT2D eigenvalue weighted by Gasteiger charge is -2.15. The summed E-state index contributed by atoms with van der Waals surface area (Å²) in [4.78, 5) is 25.1. The number of anilines is 1. The van der Waals surface area contributed by atoms with Crippen LogP contribution >= 0.6 is 0 Å². The number of carbonyl (C=O) groups is 2. The minimum atomic E-state index is -0.337. The zero-order valence-electron chi connectivity index (χ0n) is 11.2. The SMILES string of the molecule is CCn1cc(N)c(C(=O)N(C)CC(=O)NC2CC2)n1. The van der Waals surface area contributed by atoms with Gasteiger partial charge in [-0.3, -0.25) is 14.3 Å². The number of amides is 2. The summed E-state index contributed by atoms with van der Waals surface area (Å²) in [5.74, 6) is -0.484. The lowest BCUT2D eigenvalue weighted by Crippen LogP contribution is -2.39. The van der Waals surface area contributed by atoms with Crippen LogP contribution in [0.15, 0.2) is 6.20 Å². The van der Waals surface area contributed by atoms with Gasteiger partial charge in [-0.15, -0.1) is 0 Å². The maximum absolute atomic E-state index is 12.1. The standard InChI is InChI=1S/C12H19N5O2/c1-3-17-6-9(13)11(15-17)12(19)16(2)7-10(18)14-8-4-5-8/h6,8H,3-5,7,13H2,1-2H3,(H,14,18). The van der Waals surface area contributed by atoms with E-state index in [1.165, 1.54) is 4.90 Å². The van der Waals surface area contributed by atoms with E-state index in [9.17, 15) is 9.59 Å². The maximum atomic E-state index is 12.1. The van der Waals surface area contributed by atoms with Crippen LogP contribution < -0.4 is 11.1 Å². The maximum Gasteiger partial charge on any atom is 0.276 e. The van der Waals surface area contributed by atoms with Gasteiger partial charge in [0, 0.05) is 25.8 Å². The molecule has 0 unspecified atom stereocenters. The fourth-order valence-electron chi connectivity index (χ4n) is 1.73. The predicted octanol–water partition coefficient (Wildman–Crippen LogP) is -0.164. The summed E-state index contributed by atoms with van der Waals surface area (Å²) in [7, 11) is 1.57. The molecule has 1 aromatic heterocycles. The van der Waals surface area contributed by atoms with E-state index < -0.39 is 0 Å². The Morgan fingerprint density at radius 2 is 2.26 bits per heavy atom. The van der Waals surface area contributed by atoms with Crippen LogP contribution in [0.5, 0.6) is 0 Å². The number of hydrogen-bond donors (Lipinski definition) is 2. The van der Waals surface area contributed by atoms with E-state index in [-0.39, 0.29) is 24.1 Å². The first-order valence-corrected chi connectivity index (χ1v) is 6.39. The van der Waals surface area contributed by atoms with Gasteiger partial charge in [0.25, 0.3) is 5.91 Å². The van der Waals surface area contributed by atoms with Crippen molar-refractivity contribution >= 4 is 17.5 Å². The fraction of sp³-hybridized carbons (Fsp3) is 0.583. The van der Waals surface area contributed by atoms with Gasteiger partial charge in [0.15, 0.2) is 5.69 Å². The third-order valence-electron chi connectivity index (χ3n) is 2.99. The third kappa shape index (κ3) is 3.24. The van der Waals surface area contributed by atoms with Crippen molar-refractivity contribution in [2.24, 2.45) is 0 Å². The number of rotatable bonds is 5. The molecule has 0 saturated heterocycles. The molecule has 0 aliphatic heterocycles. The van der Waals surface area contributed by atoms with Gasteiger partial charge in [0.1, 0.15) is 0 Å². The topological polar surface area (TPSA) is 93.2 Å². The summed E-state index contributed by atoms with van der Waals surface area (Å²) in [5.41, 5.74) is 6.28. The molecule has 1 aliphatic rings. The Labute approximate surface area is 111 Å². The molecule has 0 bridgehead atoms. The molecule has 0 radical (unpaired) electrons. The van der Waals surface area contributed by atoms with Crippen molar-refractivity contribution < 1.29 is 9.59 Å². The lowest BCUT2D eigenvalue weighted by molar-refractivity contribution is -0.121. The Morgan fingerprint density at radius 1 is 1.58 bits per heavy atom. The molecule has 0 spiro atoms. The highest BCUT2D eigenvalue weighted by Gasteiger charge is 2.25. The molecule has 1 fully saturated rings. The average Bonchev–Trinajstić information content (AvgIpc) is 3.08. The smallest absolute Gasteiger partial charge is 0.276 e. The van der Waals surface area contributed by atoms with Crippen molar-refractivity contribution in [3.63, 3.8) is 0 Å². The molecular formula is C12H19N5O2. The van der Waals surface area contributed by atoms with E-state index in [4.69, 9.17) is 5.73 Å². The Kier molecular flexibility index (Phi) is 3.73. The van der Waals surface area contributed by atoms with Gasteiger partial charge in [-0.25, -0.2) is 0 Å². The highest BCUT2D eigenvalue weighted by atomic mass is 16.2. The normalized spacial score (nSPS) is 14.2. The van der Waals surface area contributed by atoms with Crippen LogP contribution in [0, 0.1) is 0 Å². The summed E-state index contributed by atoms with van der Waals surface area (Å²) in [6.07, 6.45) is 3.67. The second-order valence-corrected chi connectivity index (χ2v) is 4.79. The molecule has 1 aromatic rings. The van der Waals surface area contributed by atoms with E-state index in [2.05, 4.69) is 10.4 Å². The summed E-state index contributed by atoms with van der Waals surface area (Å²) in [5, 5.41) is 6.93. The summed E-state index contributed by atoms with van der Waals surface area (Å²) in [6, 6.07) is 0.292. The number of likely N-dealkylation sites (N-methyl/N-ethyl adjacent to an activating group) is 1. The molecule has 104 valence electrons. The number of aryl methyl sites for hydroxylation is 1. The second-order valence-electron chi connectivity index (χ2n) is 4.79. The monoisotopic (exact) mass is 265 g/mol. The van der Waals surface area contributed by atoms with Crippen LogP contribution in [0.1, 0.15) is 30.3 Å². The molecule has 2 rings (SSSR count). The number of hydrogen-bond acceptors (Lipinski definition) is 4. The first-order valence-electron chi connectivity index (χ1n) is 6.39. The number of nitrogens with two attached hydrogens (primary N) is 1. The van der Waals surface area contributed by atoms with Crippen molar-refractivity contribution in [2.75, 3.05) is 19.3 Å². The van der Waals surface area contributed by atoms with Crippen molar-refractivity contribution in [1.82, 2.24) is 20.0 Å². The number of nitrogens with zero attached hydrogens (tertiary/aromatic N) is 3. The highest BCUT2D eigenvalue weighted by Crippen LogP contribution is 2.18. The van der Waals surface area contributed by atoms with Crippen molar-refractivity contribution in [3.05, 3.63) is 11.9 Å². The van der Waals surface area contributed by atoms with E-state index in [1.807, 2.05) is 6.92 Å². The summed E-state index contributed by atoms with van der Waals surface area (Å²) in [6.45, 7) is 2.57. The number of aromatic nitrogens is 2. The minimum absolute atomic E-state index is 0.0216. The molecule has 3 N–H and O–H groups in total. The number of nitrogen functional groups attached to an aromatic ring is 1. The van der Waals surface area contributed by atoms with Crippen LogP contribution in [0.3, 0.4) is 0 Å². The molecule has 0 atom stereocenters. The Morgan fingerprint density at radius 3 is 2.79 bits per heavy atom. The quantitative estimate of drug-likeness (QED) is 0.773. The molecular weight excluding hydrogens is 246 g/mol. The molecule has 1 heterocycles. The molecule has 1 saturated carbocycles. The van der Waals surface area contributed by atoms with E-state index >= 15 is 0 Å². The molecule has 0 aromatic carbocycles. The van der Waals surface area contributed by atoms with Gasteiger partial charge < -0.3 is 16.0 Å². The highest BCUT2D eigenvalue weighted by molar-refractivity contribution is 5.98. The number of nitrogens with one attached hydrogen (secondary N) is 1. The molecule has 19 heavy (non-hydrogen) atoms. The van der Waals surface area contributed by atoms with Gasteiger partial charge in [0.2, 0.25) is 5.91 Å². The predicted molar refractivity (Wildman–Crippen MR) is 70.4 cm³/mol. The van der Waals surface area contributed by atoms with Crippen LogP contribution in [0.2, 0.25) is 0 Å². The van der Waals surface area contributed by atoms with Crippen LogP contribution in [-0.2, 0) is 11.3 Å². The first-order chi connectivity index (χ1) is 9.01. The molecule has 7 nitrogen and oxygen atoms in total. The lowest BCUT2D eigenvalue weighted by atomic mass is 10.3. The minimum Gasteiger partial charge on any atom is -0.396 e. The van der Waals surface area contributed by atoms with Crippen molar-refractivity contribution in [1.29, 1.82) is 0 Å². The third-order valence-corrected chi connectivity index (χ3v) is 2.99. The van der Waals surface area contributed by atoms with E-state index in [1.54, 1.807) is 17.9 Å². The van der Waals surface area contributed by atoms with Gasteiger partial charge >= 0.3 is 0 Å². The Balaban J connectivity index is 1.96. The summed E-state index contributed by atoms with van der Waals surface area (Å²) >= 11 is 0. The largest absolute Gasteiger partial charge is 0.396 e. The van der Waals surface area contributed by atoms with Crippen molar-refractivity contribution in [2.45, 2.75) is 32.4 Å². The molecule has 7 heteroatoms. The Bertz CT molecular complexity index is 492.